The first-order valence-electron chi connectivity index (χ1n) is 11.3. The lowest BCUT2D eigenvalue weighted by molar-refractivity contribution is 0.0949. The molecule has 7 heteroatoms. The van der Waals surface area contributed by atoms with Crippen LogP contribution in [0.4, 0.5) is 10.5 Å². The highest BCUT2D eigenvalue weighted by Gasteiger charge is 2.28. The highest BCUT2D eigenvalue weighted by Crippen LogP contribution is 2.30. The van der Waals surface area contributed by atoms with Gasteiger partial charge in [0.2, 0.25) is 0 Å². The third kappa shape index (κ3) is 6.22. The summed E-state index contributed by atoms with van der Waals surface area (Å²) in [4.78, 5) is 32.0. The first kappa shape index (κ1) is 23.6. The van der Waals surface area contributed by atoms with Gasteiger partial charge in [-0.2, -0.15) is 0 Å². The number of hydrogen-bond donors (Lipinski definition) is 2. The van der Waals surface area contributed by atoms with Crippen molar-refractivity contribution in [2.75, 3.05) is 32.1 Å². The third-order valence-corrected chi connectivity index (χ3v) is 5.81. The highest BCUT2D eigenvalue weighted by atomic mass is 16.5. The number of methoxy groups -OCH3 is 1. The van der Waals surface area contributed by atoms with E-state index in [9.17, 15) is 9.59 Å². The van der Waals surface area contributed by atoms with Crippen LogP contribution in [0, 0.1) is 12.8 Å². The fourth-order valence-corrected chi connectivity index (χ4v) is 3.91. The van der Waals surface area contributed by atoms with Gasteiger partial charge in [0, 0.05) is 43.0 Å². The topological polar surface area (TPSA) is 83.6 Å². The van der Waals surface area contributed by atoms with Gasteiger partial charge >= 0.3 is 6.03 Å². The summed E-state index contributed by atoms with van der Waals surface area (Å²) < 4.78 is 5.22. The van der Waals surface area contributed by atoms with Crippen LogP contribution in [0.2, 0.25) is 0 Å². The molecule has 1 saturated heterocycles. The van der Waals surface area contributed by atoms with Crippen LogP contribution in [-0.2, 0) is 0 Å². The number of aromatic nitrogens is 1. The van der Waals surface area contributed by atoms with Crippen molar-refractivity contribution >= 4 is 17.6 Å². The zero-order valence-corrected chi connectivity index (χ0v) is 19.5. The molecule has 2 N–H and O–H groups in total. The molecule has 0 atom stereocenters. The van der Waals surface area contributed by atoms with Crippen LogP contribution in [0.25, 0.3) is 0 Å². The molecule has 3 rings (SSSR count). The number of carbonyl (C=O) groups excluding carboxylic acids is 2. The average molecular weight is 439 g/mol. The van der Waals surface area contributed by atoms with E-state index in [1.54, 1.807) is 13.2 Å². The number of hydrogen-bond acceptors (Lipinski definition) is 4. The summed E-state index contributed by atoms with van der Waals surface area (Å²) in [6.07, 6.45) is 2.49. The number of ether oxygens (including phenoxy) is 1. The van der Waals surface area contributed by atoms with Crippen molar-refractivity contribution in [1.82, 2.24) is 15.2 Å². The van der Waals surface area contributed by atoms with Crippen LogP contribution < -0.4 is 15.4 Å². The number of carbonyl (C=O) groups is 2. The number of likely N-dealkylation sites (tertiary alicyclic amines) is 1. The van der Waals surface area contributed by atoms with Crippen LogP contribution in [0.1, 0.15) is 60.8 Å². The Balaban J connectivity index is 1.62. The Hall–Kier alpha value is -3.09. The average Bonchev–Trinajstić information content (AvgIpc) is 2.79. The van der Waals surface area contributed by atoms with Gasteiger partial charge in [0.1, 0.15) is 5.75 Å². The molecule has 7 nitrogen and oxygen atoms in total. The Morgan fingerprint density at radius 3 is 2.62 bits per heavy atom. The Bertz CT molecular complexity index is 937. The second kappa shape index (κ2) is 11.0. The SMILES string of the molecule is COc1cccc(NC(=O)N2CCC(c3nc(C)ccc3C(=O)NCCC(C)C)CC2)c1. The molecular formula is C25H34N4O3. The van der Waals surface area contributed by atoms with Gasteiger partial charge in [-0.15, -0.1) is 0 Å². The predicted molar refractivity (Wildman–Crippen MR) is 126 cm³/mol. The van der Waals surface area contributed by atoms with Gasteiger partial charge in [-0.05, 0) is 56.4 Å². The first-order chi connectivity index (χ1) is 15.4. The second-order valence-corrected chi connectivity index (χ2v) is 8.75. The summed E-state index contributed by atoms with van der Waals surface area (Å²) in [5.41, 5.74) is 3.10. The van der Waals surface area contributed by atoms with Crippen molar-refractivity contribution in [2.45, 2.75) is 46.0 Å². The van der Waals surface area contributed by atoms with Gasteiger partial charge in [-0.1, -0.05) is 19.9 Å². The van der Waals surface area contributed by atoms with Gasteiger partial charge in [-0.25, -0.2) is 4.79 Å². The van der Waals surface area contributed by atoms with Gasteiger partial charge in [-0.3, -0.25) is 9.78 Å². The van der Waals surface area contributed by atoms with Crippen LogP contribution in [-0.4, -0.2) is 48.6 Å². The summed E-state index contributed by atoms with van der Waals surface area (Å²) in [6, 6.07) is 11.0. The number of anilines is 1. The molecule has 0 spiro atoms. The molecule has 32 heavy (non-hydrogen) atoms. The smallest absolute Gasteiger partial charge is 0.321 e. The van der Waals surface area contributed by atoms with E-state index < -0.39 is 0 Å². The van der Waals surface area contributed by atoms with Gasteiger partial charge in [0.05, 0.1) is 18.4 Å². The number of benzene rings is 1. The van der Waals surface area contributed by atoms with Crippen LogP contribution >= 0.6 is 0 Å². The molecule has 0 aliphatic carbocycles. The van der Waals surface area contributed by atoms with Crippen molar-refractivity contribution < 1.29 is 14.3 Å². The number of rotatable bonds is 7. The minimum Gasteiger partial charge on any atom is -0.497 e. The van der Waals surface area contributed by atoms with Crippen molar-refractivity contribution in [2.24, 2.45) is 5.92 Å². The van der Waals surface area contributed by atoms with E-state index in [0.717, 1.165) is 30.7 Å². The van der Waals surface area contributed by atoms with E-state index >= 15 is 0 Å². The fourth-order valence-electron chi connectivity index (χ4n) is 3.91. The number of aryl methyl sites for hydroxylation is 1. The summed E-state index contributed by atoms with van der Waals surface area (Å²) in [5, 5.41) is 5.97. The molecule has 2 aromatic rings. The molecule has 0 saturated carbocycles. The lowest BCUT2D eigenvalue weighted by atomic mass is 9.90. The summed E-state index contributed by atoms with van der Waals surface area (Å²) >= 11 is 0. The maximum atomic E-state index is 12.8. The summed E-state index contributed by atoms with van der Waals surface area (Å²) in [5.74, 6) is 1.33. The molecule has 0 unspecified atom stereocenters. The molecule has 1 aromatic heterocycles. The number of amides is 3. The number of urea groups is 1. The molecule has 1 aromatic carbocycles. The minimum atomic E-state index is -0.124. The molecule has 1 fully saturated rings. The van der Waals surface area contributed by atoms with Crippen LogP contribution in [0.3, 0.4) is 0 Å². The zero-order chi connectivity index (χ0) is 23.1. The van der Waals surface area contributed by atoms with E-state index in [0.29, 0.717) is 42.6 Å². The Kier molecular flexibility index (Phi) is 8.09. The van der Waals surface area contributed by atoms with E-state index in [4.69, 9.17) is 9.72 Å². The third-order valence-electron chi connectivity index (χ3n) is 5.81. The van der Waals surface area contributed by atoms with Gasteiger partial charge < -0.3 is 20.3 Å². The quantitative estimate of drug-likeness (QED) is 0.662. The molecule has 0 radical (unpaired) electrons. The molecule has 1 aliphatic heterocycles. The Labute approximate surface area is 190 Å². The lowest BCUT2D eigenvalue weighted by Crippen LogP contribution is -2.41. The molecule has 2 heterocycles. The van der Waals surface area contributed by atoms with Crippen LogP contribution in [0.5, 0.6) is 5.75 Å². The largest absolute Gasteiger partial charge is 0.497 e. The maximum Gasteiger partial charge on any atom is 0.321 e. The van der Waals surface area contributed by atoms with Crippen molar-refractivity contribution in [1.29, 1.82) is 0 Å². The Morgan fingerprint density at radius 1 is 1.19 bits per heavy atom. The van der Waals surface area contributed by atoms with Gasteiger partial charge in [0.15, 0.2) is 0 Å². The van der Waals surface area contributed by atoms with E-state index in [1.165, 1.54) is 0 Å². The monoisotopic (exact) mass is 438 g/mol. The Morgan fingerprint density at radius 2 is 1.94 bits per heavy atom. The second-order valence-electron chi connectivity index (χ2n) is 8.75. The summed E-state index contributed by atoms with van der Waals surface area (Å²) in [7, 11) is 1.60. The minimum absolute atomic E-state index is 0.0636. The highest BCUT2D eigenvalue weighted by molar-refractivity contribution is 5.95. The molecule has 1 aliphatic rings. The molecule has 3 amide bonds. The summed E-state index contributed by atoms with van der Waals surface area (Å²) in [6.45, 7) is 8.12. The number of nitrogens with one attached hydrogen (secondary N) is 2. The first-order valence-corrected chi connectivity index (χ1v) is 11.3. The molecule has 0 bridgehead atoms. The normalized spacial score (nSPS) is 14.3. The van der Waals surface area contributed by atoms with E-state index in [2.05, 4.69) is 24.5 Å². The van der Waals surface area contributed by atoms with E-state index in [-0.39, 0.29) is 17.9 Å². The van der Waals surface area contributed by atoms with Crippen molar-refractivity contribution in [3.63, 3.8) is 0 Å². The zero-order valence-electron chi connectivity index (χ0n) is 19.5. The fraction of sp³-hybridized carbons (Fsp3) is 0.480. The number of piperidine rings is 1. The number of pyridine rings is 1. The van der Waals surface area contributed by atoms with E-state index in [1.807, 2.05) is 42.2 Å². The number of nitrogens with zero attached hydrogens (tertiary/aromatic N) is 2. The lowest BCUT2D eigenvalue weighted by Gasteiger charge is -2.32. The van der Waals surface area contributed by atoms with Crippen LogP contribution in [0.15, 0.2) is 36.4 Å². The standard InChI is InChI=1S/C25H34N4O3/c1-17(2)10-13-26-24(30)22-9-8-18(3)27-23(22)19-11-14-29(15-12-19)25(31)28-20-6-5-7-21(16-20)32-4/h5-9,16-17,19H,10-15H2,1-4H3,(H,26,30)(H,28,31). The predicted octanol–water partition coefficient (Wildman–Crippen LogP) is 4.59. The van der Waals surface area contributed by atoms with Crippen molar-refractivity contribution in [3.05, 3.63) is 53.3 Å². The molecular weight excluding hydrogens is 404 g/mol. The van der Waals surface area contributed by atoms with Gasteiger partial charge in [0.25, 0.3) is 5.91 Å². The maximum absolute atomic E-state index is 12.8. The van der Waals surface area contributed by atoms with Crippen molar-refractivity contribution in [3.8, 4) is 5.75 Å². The molecule has 172 valence electrons.